The summed E-state index contributed by atoms with van der Waals surface area (Å²) in [4.78, 5) is 20.7. The lowest BCUT2D eigenvalue weighted by atomic mass is 10.2. The first kappa shape index (κ1) is 10.5. The van der Waals surface area contributed by atoms with Crippen LogP contribution in [0.5, 0.6) is 0 Å². The highest BCUT2D eigenvalue weighted by molar-refractivity contribution is 6.67. The van der Waals surface area contributed by atoms with Gasteiger partial charge < -0.3 is 5.32 Å². The second-order valence-electron chi connectivity index (χ2n) is 2.51. The zero-order chi connectivity index (χ0) is 10.7. The predicted octanol–water partition coefficient (Wildman–Crippen LogP) is 2.02. The van der Waals surface area contributed by atoms with Gasteiger partial charge in [-0.25, -0.2) is 0 Å². The minimum atomic E-state index is -0.712. The molecular weight excluding hydrogens is 208 g/mol. The zero-order valence-electron chi connectivity index (χ0n) is 7.28. The summed E-state index contributed by atoms with van der Waals surface area (Å²) < 4.78 is 0. The molecule has 0 spiro atoms. The van der Waals surface area contributed by atoms with Crippen LogP contribution in [0, 0.1) is 10.1 Å². The average molecular weight is 215 g/mol. The van der Waals surface area contributed by atoms with E-state index in [1.54, 1.807) is 7.05 Å². The van der Waals surface area contributed by atoms with E-state index in [9.17, 15) is 14.9 Å². The zero-order valence-corrected chi connectivity index (χ0v) is 8.04. The van der Waals surface area contributed by atoms with Crippen molar-refractivity contribution in [3.05, 3.63) is 33.9 Å². The fraction of sp³-hybridized carbons (Fsp3) is 0.125. The summed E-state index contributed by atoms with van der Waals surface area (Å²) in [5.41, 5.74) is 0.285. The van der Waals surface area contributed by atoms with Crippen LogP contribution in [0.3, 0.4) is 0 Å². The Labute approximate surface area is 84.8 Å². The Hall–Kier alpha value is -1.62. The number of nitro benzene ring substituents is 1. The summed E-state index contributed by atoms with van der Waals surface area (Å²) >= 11 is 5.19. The highest BCUT2D eigenvalue weighted by Crippen LogP contribution is 2.25. The Bertz CT molecular complexity index is 392. The number of anilines is 1. The van der Waals surface area contributed by atoms with Crippen LogP contribution in [0.1, 0.15) is 10.4 Å². The van der Waals surface area contributed by atoms with Gasteiger partial charge in [-0.1, -0.05) is 0 Å². The topological polar surface area (TPSA) is 72.2 Å². The van der Waals surface area contributed by atoms with Crippen molar-refractivity contribution in [2.45, 2.75) is 0 Å². The summed E-state index contributed by atoms with van der Waals surface area (Å²) in [5, 5.41) is 12.5. The van der Waals surface area contributed by atoms with Crippen LogP contribution in [-0.2, 0) is 0 Å². The van der Waals surface area contributed by atoms with Crippen LogP contribution >= 0.6 is 11.6 Å². The SMILES string of the molecule is CNc1ccc(C(=O)Cl)cc1[N+](=O)[O-]. The molecule has 0 heterocycles. The first-order chi connectivity index (χ1) is 6.56. The van der Waals surface area contributed by atoms with E-state index in [-0.39, 0.29) is 11.3 Å². The highest BCUT2D eigenvalue weighted by atomic mass is 35.5. The lowest BCUT2D eigenvalue weighted by Crippen LogP contribution is -1.99. The van der Waals surface area contributed by atoms with Gasteiger partial charge in [0, 0.05) is 18.7 Å². The average Bonchev–Trinajstić information content (AvgIpc) is 2.16. The number of halogens is 1. The van der Waals surface area contributed by atoms with E-state index < -0.39 is 10.2 Å². The third-order valence-electron chi connectivity index (χ3n) is 1.69. The van der Waals surface area contributed by atoms with E-state index in [0.717, 1.165) is 6.07 Å². The number of hydrogen-bond acceptors (Lipinski definition) is 4. The number of hydrogen-bond donors (Lipinski definition) is 1. The lowest BCUT2D eigenvalue weighted by Gasteiger charge is -2.02. The second-order valence-corrected chi connectivity index (χ2v) is 2.86. The minimum Gasteiger partial charge on any atom is -0.383 e. The third-order valence-corrected chi connectivity index (χ3v) is 1.91. The van der Waals surface area contributed by atoms with Crippen LogP contribution in [-0.4, -0.2) is 17.2 Å². The number of rotatable bonds is 3. The first-order valence-corrected chi connectivity index (χ1v) is 4.10. The van der Waals surface area contributed by atoms with Gasteiger partial charge in [-0.3, -0.25) is 14.9 Å². The minimum absolute atomic E-state index is 0.109. The van der Waals surface area contributed by atoms with Gasteiger partial charge in [-0.2, -0.15) is 0 Å². The maximum absolute atomic E-state index is 10.7. The fourth-order valence-electron chi connectivity index (χ4n) is 1.02. The maximum Gasteiger partial charge on any atom is 0.293 e. The van der Waals surface area contributed by atoms with Gasteiger partial charge in [0.1, 0.15) is 5.69 Å². The monoisotopic (exact) mass is 214 g/mol. The highest BCUT2D eigenvalue weighted by Gasteiger charge is 2.15. The quantitative estimate of drug-likeness (QED) is 0.475. The van der Waals surface area contributed by atoms with Gasteiger partial charge in [-0.15, -0.1) is 0 Å². The van der Waals surface area contributed by atoms with E-state index in [1.807, 2.05) is 0 Å². The lowest BCUT2D eigenvalue weighted by molar-refractivity contribution is -0.384. The number of benzene rings is 1. The van der Waals surface area contributed by atoms with E-state index in [0.29, 0.717) is 5.69 Å². The van der Waals surface area contributed by atoms with E-state index >= 15 is 0 Å². The predicted molar refractivity (Wildman–Crippen MR) is 52.8 cm³/mol. The molecule has 1 rings (SSSR count). The molecule has 0 atom stereocenters. The normalized spacial score (nSPS) is 9.57. The van der Waals surface area contributed by atoms with Crippen molar-refractivity contribution < 1.29 is 9.72 Å². The molecule has 6 heteroatoms. The van der Waals surface area contributed by atoms with Crippen LogP contribution in [0.4, 0.5) is 11.4 Å². The van der Waals surface area contributed by atoms with Gasteiger partial charge >= 0.3 is 0 Å². The Morgan fingerprint density at radius 2 is 2.21 bits per heavy atom. The molecule has 0 saturated carbocycles. The van der Waals surface area contributed by atoms with Gasteiger partial charge in [0.25, 0.3) is 10.9 Å². The van der Waals surface area contributed by atoms with Gasteiger partial charge in [-0.05, 0) is 23.7 Å². The molecule has 0 fully saturated rings. The number of nitrogens with zero attached hydrogens (tertiary/aromatic N) is 1. The molecule has 74 valence electrons. The number of carbonyl (C=O) groups is 1. The van der Waals surface area contributed by atoms with Crippen LogP contribution in [0.2, 0.25) is 0 Å². The van der Waals surface area contributed by atoms with Crippen molar-refractivity contribution in [2.75, 3.05) is 12.4 Å². The Balaban J connectivity index is 3.27. The second kappa shape index (κ2) is 4.06. The number of nitrogens with one attached hydrogen (secondary N) is 1. The van der Waals surface area contributed by atoms with Crippen LogP contribution in [0.15, 0.2) is 18.2 Å². The molecule has 0 amide bonds. The van der Waals surface area contributed by atoms with Crippen LogP contribution < -0.4 is 5.32 Å². The third kappa shape index (κ3) is 2.00. The van der Waals surface area contributed by atoms with Crippen molar-refractivity contribution >= 4 is 28.2 Å². The molecule has 0 aliphatic heterocycles. The molecule has 0 bridgehead atoms. The van der Waals surface area contributed by atoms with E-state index in [1.165, 1.54) is 12.1 Å². The Kier molecular flexibility index (Phi) is 3.03. The summed E-state index contributed by atoms with van der Waals surface area (Å²) in [6, 6.07) is 4.00. The Morgan fingerprint density at radius 3 is 2.64 bits per heavy atom. The maximum atomic E-state index is 10.7. The van der Waals surface area contributed by atoms with E-state index in [2.05, 4.69) is 5.32 Å². The van der Waals surface area contributed by atoms with Crippen molar-refractivity contribution in [2.24, 2.45) is 0 Å². The molecule has 0 unspecified atom stereocenters. The molecule has 0 aromatic heterocycles. The standard InChI is InChI=1S/C8H7ClN2O3/c1-10-6-3-2-5(8(9)12)4-7(6)11(13)14/h2-4,10H,1H3. The largest absolute Gasteiger partial charge is 0.383 e. The molecule has 0 radical (unpaired) electrons. The number of carbonyl (C=O) groups excluding carboxylic acids is 1. The summed E-state index contributed by atoms with van der Waals surface area (Å²) in [6.07, 6.45) is 0. The van der Waals surface area contributed by atoms with Crippen molar-refractivity contribution in [3.8, 4) is 0 Å². The Morgan fingerprint density at radius 1 is 1.57 bits per heavy atom. The molecule has 0 aliphatic carbocycles. The summed E-state index contributed by atoms with van der Waals surface area (Å²) in [6.45, 7) is 0. The van der Waals surface area contributed by atoms with Gasteiger partial charge in [0.2, 0.25) is 0 Å². The molecule has 0 saturated heterocycles. The smallest absolute Gasteiger partial charge is 0.293 e. The van der Waals surface area contributed by atoms with Crippen molar-refractivity contribution in [1.82, 2.24) is 0 Å². The van der Waals surface area contributed by atoms with E-state index in [4.69, 9.17) is 11.6 Å². The van der Waals surface area contributed by atoms with Crippen molar-refractivity contribution in [3.63, 3.8) is 0 Å². The first-order valence-electron chi connectivity index (χ1n) is 3.72. The summed E-state index contributed by atoms with van der Waals surface area (Å²) in [7, 11) is 1.56. The molecule has 1 aromatic carbocycles. The molecule has 1 N–H and O–H groups in total. The molecule has 14 heavy (non-hydrogen) atoms. The van der Waals surface area contributed by atoms with Gasteiger partial charge in [0.15, 0.2) is 0 Å². The fourth-order valence-corrected chi connectivity index (χ4v) is 1.13. The van der Waals surface area contributed by atoms with Gasteiger partial charge in [0.05, 0.1) is 4.92 Å². The molecule has 5 nitrogen and oxygen atoms in total. The van der Waals surface area contributed by atoms with Crippen LogP contribution in [0.25, 0.3) is 0 Å². The molecular formula is C8H7ClN2O3. The number of nitro groups is 1. The summed E-state index contributed by atoms with van der Waals surface area (Å²) in [5.74, 6) is 0. The molecule has 0 aliphatic rings. The molecule has 1 aromatic rings. The van der Waals surface area contributed by atoms with Crippen molar-refractivity contribution in [1.29, 1.82) is 0 Å².